The summed E-state index contributed by atoms with van der Waals surface area (Å²) in [6.07, 6.45) is -3.37. The number of halogens is 3. The minimum Gasteiger partial charge on any atom is -0.352 e. The lowest BCUT2D eigenvalue weighted by Gasteiger charge is -2.31. The Bertz CT molecular complexity index is 1010. The molecule has 1 aliphatic rings. The molecule has 1 fully saturated rings. The summed E-state index contributed by atoms with van der Waals surface area (Å²) in [6, 6.07) is 0.657. The van der Waals surface area contributed by atoms with Crippen LogP contribution in [0.2, 0.25) is 0 Å². The van der Waals surface area contributed by atoms with Gasteiger partial charge in [-0.1, -0.05) is 11.3 Å². The van der Waals surface area contributed by atoms with Gasteiger partial charge in [0.15, 0.2) is 5.84 Å². The minimum atomic E-state index is -5.04. The van der Waals surface area contributed by atoms with E-state index in [0.29, 0.717) is 31.7 Å². The van der Waals surface area contributed by atoms with E-state index in [2.05, 4.69) is 15.7 Å². The third-order valence-electron chi connectivity index (χ3n) is 5.28. The Kier molecular flexibility index (Phi) is 7.92. The number of carbonyl (C=O) groups is 1. The molecule has 1 aromatic carbocycles. The van der Waals surface area contributed by atoms with Crippen LogP contribution in [0.1, 0.15) is 48.3 Å². The second-order valence-electron chi connectivity index (χ2n) is 7.41. The molecule has 0 aliphatic heterocycles. The number of primary sulfonamides is 1. The number of nitrogens with two attached hydrogens (primary N) is 4. The van der Waals surface area contributed by atoms with Gasteiger partial charge in [0, 0.05) is 18.2 Å². The van der Waals surface area contributed by atoms with E-state index in [1.54, 1.807) is 0 Å². The molecule has 15 heteroatoms. The highest BCUT2D eigenvalue weighted by atomic mass is 32.2. The molecule has 0 unspecified atom stereocenters. The molecule has 0 spiro atoms. The Labute approximate surface area is 182 Å². The zero-order valence-electron chi connectivity index (χ0n) is 16.9. The zero-order valence-corrected chi connectivity index (χ0v) is 17.7. The largest absolute Gasteiger partial charge is 0.417 e. The summed E-state index contributed by atoms with van der Waals surface area (Å²) < 4.78 is 64.8. The summed E-state index contributed by atoms with van der Waals surface area (Å²) in [5, 5.41) is 22.0. The number of alkyl halides is 3. The van der Waals surface area contributed by atoms with Crippen LogP contribution in [0.15, 0.2) is 27.4 Å². The predicted octanol–water partition coefficient (Wildman–Crippen LogP) is 0.432. The molecule has 0 heterocycles. The van der Waals surface area contributed by atoms with E-state index in [1.165, 1.54) is 0 Å². The summed E-state index contributed by atoms with van der Waals surface area (Å²) in [5.74, 6) is 3.25. The van der Waals surface area contributed by atoms with Gasteiger partial charge in [-0.2, -0.15) is 13.2 Å². The summed E-state index contributed by atoms with van der Waals surface area (Å²) in [4.78, 5) is 10.7. The van der Waals surface area contributed by atoms with Crippen molar-refractivity contribution in [3.63, 3.8) is 0 Å². The molecule has 178 valence electrons. The van der Waals surface area contributed by atoms with Crippen molar-refractivity contribution in [2.45, 2.75) is 54.8 Å². The average Bonchev–Trinajstić information content (AvgIpc) is 2.71. The van der Waals surface area contributed by atoms with Gasteiger partial charge in [0.1, 0.15) is 4.90 Å². The quantitative estimate of drug-likeness (QED) is 0.112. The van der Waals surface area contributed by atoms with Crippen LogP contribution in [0.3, 0.4) is 0 Å². The van der Waals surface area contributed by atoms with Crippen LogP contribution in [0.25, 0.3) is 0 Å². The predicted molar refractivity (Wildman–Crippen MR) is 109 cm³/mol. The molecule has 1 aromatic rings. The van der Waals surface area contributed by atoms with Gasteiger partial charge in [-0.05, 0) is 43.2 Å². The van der Waals surface area contributed by atoms with Crippen molar-refractivity contribution >= 4 is 21.8 Å². The number of carbonyl (C=O) groups excluding carboxylic acids is 1. The summed E-state index contributed by atoms with van der Waals surface area (Å²) in [5.41, 5.74) is 9.02. The van der Waals surface area contributed by atoms with Crippen LogP contribution < -0.4 is 27.8 Å². The Morgan fingerprint density at radius 2 is 1.84 bits per heavy atom. The van der Waals surface area contributed by atoms with Crippen molar-refractivity contribution in [3.8, 4) is 0 Å². The Hall–Kier alpha value is -2.62. The fourth-order valence-electron chi connectivity index (χ4n) is 3.77. The fraction of sp³-hybridized carbons (Fsp3) is 0.529. The average molecular weight is 479 g/mol. The molecule has 32 heavy (non-hydrogen) atoms. The van der Waals surface area contributed by atoms with Crippen LogP contribution in [0, 0.1) is 5.41 Å². The topological polar surface area (TPSA) is 216 Å². The van der Waals surface area contributed by atoms with Crippen molar-refractivity contribution in [1.29, 1.82) is 5.41 Å². The first-order chi connectivity index (χ1) is 14.8. The van der Waals surface area contributed by atoms with Crippen molar-refractivity contribution < 1.29 is 26.4 Å². The van der Waals surface area contributed by atoms with Crippen LogP contribution in [-0.4, -0.2) is 38.8 Å². The molecular formula is C17H25F3N8O3S. The molecule has 2 rings (SSSR count). The van der Waals surface area contributed by atoms with Crippen LogP contribution in [-0.2, 0) is 21.0 Å². The molecule has 10 N–H and O–H groups in total. The lowest BCUT2D eigenvalue weighted by molar-refractivity contribution is -0.139. The molecular weight excluding hydrogens is 453 g/mol. The molecule has 1 atom stereocenters. The normalized spacial score (nSPS) is 20.8. The highest BCUT2D eigenvalue weighted by Crippen LogP contribution is 2.41. The van der Waals surface area contributed by atoms with Crippen molar-refractivity contribution in [2.75, 3.05) is 6.54 Å². The molecule has 1 aliphatic carbocycles. The molecule has 0 bridgehead atoms. The smallest absolute Gasteiger partial charge is 0.352 e. The molecule has 11 nitrogen and oxygen atoms in total. The minimum absolute atomic E-state index is 0.0236. The van der Waals surface area contributed by atoms with Gasteiger partial charge in [0.25, 0.3) is 0 Å². The number of sulfonamides is 1. The highest BCUT2D eigenvalue weighted by Gasteiger charge is 2.40. The molecule has 0 saturated heterocycles. The van der Waals surface area contributed by atoms with Crippen LogP contribution in [0.4, 0.5) is 13.2 Å². The van der Waals surface area contributed by atoms with Crippen molar-refractivity contribution in [2.24, 2.45) is 32.8 Å². The summed E-state index contributed by atoms with van der Waals surface area (Å²) >= 11 is 0. The number of nitrogens with zero attached hydrogens (tertiary/aromatic N) is 2. The number of rotatable bonds is 6. The van der Waals surface area contributed by atoms with Crippen LogP contribution >= 0.6 is 0 Å². The number of benzene rings is 1. The monoisotopic (exact) mass is 478 g/mol. The van der Waals surface area contributed by atoms with Gasteiger partial charge in [-0.25, -0.2) is 13.6 Å². The number of hydrogen-bond acceptors (Lipinski definition) is 7. The lowest BCUT2D eigenvalue weighted by atomic mass is 9.79. The molecule has 0 radical (unpaired) electrons. The number of amides is 1. The molecule has 1 amide bonds. The molecule has 1 saturated carbocycles. The second kappa shape index (κ2) is 9.89. The maximum Gasteiger partial charge on any atom is 0.417 e. The van der Waals surface area contributed by atoms with E-state index >= 15 is 0 Å². The Morgan fingerprint density at radius 1 is 1.25 bits per heavy atom. The van der Waals surface area contributed by atoms with E-state index in [0.717, 1.165) is 6.07 Å². The van der Waals surface area contributed by atoms with Gasteiger partial charge < -0.3 is 22.6 Å². The van der Waals surface area contributed by atoms with Gasteiger partial charge in [0.2, 0.25) is 15.9 Å². The Balaban J connectivity index is 2.47. The fourth-order valence-corrected chi connectivity index (χ4v) is 4.76. The number of hydrogen-bond donors (Lipinski definition) is 6. The van der Waals surface area contributed by atoms with E-state index in [9.17, 15) is 26.4 Å². The number of amidine groups is 1. The van der Waals surface area contributed by atoms with E-state index in [1.807, 2.05) is 0 Å². The first kappa shape index (κ1) is 25.6. The zero-order chi connectivity index (χ0) is 24.3. The number of nitrogens with one attached hydrogen (secondary N) is 2. The third kappa shape index (κ3) is 5.79. The Morgan fingerprint density at radius 3 is 2.31 bits per heavy atom. The van der Waals surface area contributed by atoms with Crippen LogP contribution in [0.5, 0.6) is 0 Å². The highest BCUT2D eigenvalue weighted by molar-refractivity contribution is 7.89. The second-order valence-corrected chi connectivity index (χ2v) is 8.91. The standard InChI is InChI=1S/C17H25F3N8O3S/c18-17(19,20)11-6-5-10(13(15(23)27-28-24)14(11)32(25,30)31)8-1-3-9(4-2-8)26-16(29)12(22)7-21/h5-6,8-9,12H,1-4,7,21-22H2,(H,26,29)(H3,23,24,27)(H2,25,30,31)/t8?,9?,12-/m0/s1. The van der Waals surface area contributed by atoms with Crippen molar-refractivity contribution in [3.05, 3.63) is 28.8 Å². The lowest BCUT2D eigenvalue weighted by Crippen LogP contribution is -2.49. The summed E-state index contributed by atoms with van der Waals surface area (Å²) in [7, 11) is -4.90. The maximum absolute atomic E-state index is 13.5. The first-order valence-corrected chi connectivity index (χ1v) is 11.1. The molecule has 0 aromatic heterocycles. The van der Waals surface area contributed by atoms with Gasteiger partial charge in [-0.3, -0.25) is 10.2 Å². The van der Waals surface area contributed by atoms with E-state index < -0.39 is 55.9 Å². The SMILES string of the molecule is N=C(N=NN)c1c(C2CCC(NC(=O)[C@@H](N)CN)CC2)ccc(C(F)(F)F)c1S(N)(=O)=O. The maximum atomic E-state index is 13.5. The third-order valence-corrected chi connectivity index (χ3v) is 6.27. The van der Waals surface area contributed by atoms with Gasteiger partial charge in [0.05, 0.1) is 11.6 Å². The van der Waals surface area contributed by atoms with E-state index in [4.69, 9.17) is 27.9 Å². The van der Waals surface area contributed by atoms with Gasteiger partial charge >= 0.3 is 6.18 Å². The van der Waals surface area contributed by atoms with Crippen molar-refractivity contribution in [1.82, 2.24) is 5.32 Å². The first-order valence-electron chi connectivity index (χ1n) is 9.54. The van der Waals surface area contributed by atoms with Gasteiger partial charge in [-0.15, -0.1) is 5.11 Å². The summed E-state index contributed by atoms with van der Waals surface area (Å²) in [6.45, 7) is -0.0236. The van der Waals surface area contributed by atoms with E-state index in [-0.39, 0.29) is 18.2 Å².